The standard InChI is InChI=1S/C61H37NO2/c1-2-14-38(15-3-1)39-26-28-40(29-27-39)62(41-31-33-59-51(34-41)48-20-8-12-24-57(48)63-59)42-30-32-47-44-17-5-4-16-43(44)45-18-6-10-22-53(45)61(55(47)35-42)54-23-11-7-19-46(54)50-37-60-52(36-56(50)61)49-21-9-13-25-58(49)64-60/h1-37H. The number of nitrogens with zero attached hydrogens (tertiary/aromatic N) is 1. The molecule has 2 aliphatic carbocycles. The molecule has 12 aromatic rings. The molecular formula is C61H37NO2. The molecule has 1 atom stereocenters. The summed E-state index contributed by atoms with van der Waals surface area (Å²) >= 11 is 0. The molecule has 0 aliphatic heterocycles. The summed E-state index contributed by atoms with van der Waals surface area (Å²) in [6, 6.07) is 82.0. The van der Waals surface area contributed by atoms with Gasteiger partial charge < -0.3 is 13.7 Å². The van der Waals surface area contributed by atoms with E-state index in [0.717, 1.165) is 60.9 Å². The van der Waals surface area contributed by atoms with E-state index in [1.807, 2.05) is 12.1 Å². The largest absolute Gasteiger partial charge is 0.456 e. The first kappa shape index (κ1) is 35.2. The van der Waals surface area contributed by atoms with E-state index in [2.05, 4.69) is 217 Å². The summed E-state index contributed by atoms with van der Waals surface area (Å²) in [7, 11) is 0. The van der Waals surface area contributed by atoms with Crippen LogP contribution in [0.4, 0.5) is 17.1 Å². The van der Waals surface area contributed by atoms with Gasteiger partial charge in [0.2, 0.25) is 0 Å². The van der Waals surface area contributed by atoms with Crippen LogP contribution in [0, 0.1) is 0 Å². The summed E-state index contributed by atoms with van der Waals surface area (Å²) in [6.45, 7) is 0. The molecule has 0 radical (unpaired) electrons. The first-order valence-electron chi connectivity index (χ1n) is 22.0. The van der Waals surface area contributed by atoms with Crippen LogP contribution in [0.25, 0.3) is 88.4 Å². The van der Waals surface area contributed by atoms with Crippen LogP contribution >= 0.6 is 0 Å². The van der Waals surface area contributed by atoms with Crippen molar-refractivity contribution in [1.29, 1.82) is 0 Å². The first-order chi connectivity index (χ1) is 31.7. The van der Waals surface area contributed by atoms with Crippen LogP contribution < -0.4 is 4.90 Å². The molecule has 64 heavy (non-hydrogen) atoms. The number of fused-ring (bicyclic) bond motifs is 18. The van der Waals surface area contributed by atoms with Crippen molar-refractivity contribution < 1.29 is 8.83 Å². The number of rotatable bonds is 4. The summed E-state index contributed by atoms with van der Waals surface area (Å²) in [6.07, 6.45) is 0. The lowest BCUT2D eigenvalue weighted by atomic mass is 9.65. The predicted octanol–water partition coefficient (Wildman–Crippen LogP) is 16.6. The van der Waals surface area contributed by atoms with E-state index in [0.29, 0.717) is 0 Å². The third-order valence-corrected chi connectivity index (χ3v) is 13.9. The van der Waals surface area contributed by atoms with Crippen LogP contribution in [0.5, 0.6) is 0 Å². The third-order valence-electron chi connectivity index (χ3n) is 13.9. The normalized spacial score (nSPS) is 14.6. The summed E-state index contributed by atoms with van der Waals surface area (Å²) in [5, 5.41) is 4.44. The summed E-state index contributed by atoms with van der Waals surface area (Å²) in [4.78, 5) is 2.42. The fourth-order valence-corrected chi connectivity index (χ4v) is 11.2. The Balaban J connectivity index is 1.09. The summed E-state index contributed by atoms with van der Waals surface area (Å²) < 4.78 is 13.0. The van der Waals surface area contributed by atoms with Gasteiger partial charge in [0.1, 0.15) is 22.3 Å². The summed E-state index contributed by atoms with van der Waals surface area (Å²) in [5.41, 5.74) is 20.8. The smallest absolute Gasteiger partial charge is 0.136 e. The lowest BCUT2D eigenvalue weighted by Gasteiger charge is -2.36. The van der Waals surface area contributed by atoms with Gasteiger partial charge in [-0.3, -0.25) is 0 Å². The third kappa shape index (κ3) is 4.86. The monoisotopic (exact) mass is 815 g/mol. The topological polar surface area (TPSA) is 29.5 Å². The van der Waals surface area contributed by atoms with E-state index in [-0.39, 0.29) is 0 Å². The molecule has 0 saturated heterocycles. The van der Waals surface area contributed by atoms with Crippen LogP contribution in [0.3, 0.4) is 0 Å². The van der Waals surface area contributed by atoms with Gasteiger partial charge in [-0.05, 0) is 133 Å². The highest BCUT2D eigenvalue weighted by molar-refractivity contribution is 6.10. The second kappa shape index (κ2) is 13.3. The minimum absolute atomic E-state index is 0.688. The Bertz CT molecular complexity index is 3860. The molecule has 298 valence electrons. The molecule has 1 unspecified atom stereocenters. The summed E-state index contributed by atoms with van der Waals surface area (Å²) in [5.74, 6) is 0. The van der Waals surface area contributed by atoms with Crippen LogP contribution in [0.1, 0.15) is 22.3 Å². The van der Waals surface area contributed by atoms with Crippen molar-refractivity contribution in [2.75, 3.05) is 4.90 Å². The number of anilines is 3. The first-order valence-corrected chi connectivity index (χ1v) is 22.0. The van der Waals surface area contributed by atoms with Crippen molar-refractivity contribution in [3.8, 4) is 44.5 Å². The van der Waals surface area contributed by atoms with E-state index in [1.165, 1.54) is 66.8 Å². The van der Waals surface area contributed by atoms with Gasteiger partial charge in [-0.1, -0.05) is 158 Å². The molecule has 2 aromatic heterocycles. The molecule has 3 nitrogen and oxygen atoms in total. The van der Waals surface area contributed by atoms with Crippen LogP contribution in [0.2, 0.25) is 0 Å². The molecule has 0 bridgehead atoms. The number of benzene rings is 10. The SMILES string of the molecule is c1ccc(-c2ccc(N(c3ccc4c(c3)C3(c5ccccc5-c5ccccc5-4)c4ccccc4-c4cc5oc6ccccc6c5cc43)c3ccc4oc5ccccc5c4c3)cc2)cc1. The molecule has 0 saturated carbocycles. The van der Waals surface area contributed by atoms with Crippen molar-refractivity contribution in [2.45, 2.75) is 5.41 Å². The molecule has 3 heteroatoms. The minimum Gasteiger partial charge on any atom is -0.456 e. The van der Waals surface area contributed by atoms with E-state index < -0.39 is 5.41 Å². The number of para-hydroxylation sites is 2. The lowest BCUT2D eigenvalue weighted by molar-refractivity contribution is 0.668. The molecule has 1 spiro atoms. The molecule has 0 N–H and O–H groups in total. The Morgan fingerprint density at radius 3 is 1.44 bits per heavy atom. The maximum absolute atomic E-state index is 6.61. The predicted molar refractivity (Wildman–Crippen MR) is 263 cm³/mol. The van der Waals surface area contributed by atoms with Crippen molar-refractivity contribution >= 4 is 60.9 Å². The van der Waals surface area contributed by atoms with Gasteiger partial charge in [0.15, 0.2) is 0 Å². The van der Waals surface area contributed by atoms with Crippen LogP contribution in [0.15, 0.2) is 233 Å². The molecule has 10 aromatic carbocycles. The zero-order valence-electron chi connectivity index (χ0n) is 34.6. The molecule has 14 rings (SSSR count). The fraction of sp³-hybridized carbons (Fsp3) is 0.0164. The Morgan fingerprint density at radius 1 is 0.266 bits per heavy atom. The Morgan fingerprint density at radius 2 is 0.734 bits per heavy atom. The van der Waals surface area contributed by atoms with Gasteiger partial charge in [-0.2, -0.15) is 0 Å². The molecular weight excluding hydrogens is 779 g/mol. The zero-order chi connectivity index (χ0) is 41.9. The lowest BCUT2D eigenvalue weighted by Crippen LogP contribution is -2.29. The van der Waals surface area contributed by atoms with E-state index in [9.17, 15) is 0 Å². The highest BCUT2D eigenvalue weighted by Crippen LogP contribution is 2.63. The van der Waals surface area contributed by atoms with Gasteiger partial charge >= 0.3 is 0 Å². The Labute approximate surface area is 369 Å². The number of hydrogen-bond donors (Lipinski definition) is 0. The number of hydrogen-bond acceptors (Lipinski definition) is 3. The van der Waals surface area contributed by atoms with Gasteiger partial charge in [0.25, 0.3) is 0 Å². The second-order valence-corrected chi connectivity index (χ2v) is 17.1. The Kier molecular flexibility index (Phi) is 7.32. The van der Waals surface area contributed by atoms with E-state index >= 15 is 0 Å². The number of furan rings is 2. The zero-order valence-corrected chi connectivity index (χ0v) is 34.6. The average Bonchev–Trinajstić information content (AvgIpc) is 3.99. The molecule has 2 heterocycles. The average molecular weight is 816 g/mol. The maximum Gasteiger partial charge on any atom is 0.136 e. The van der Waals surface area contributed by atoms with Crippen molar-refractivity contribution in [3.05, 3.63) is 247 Å². The molecule has 0 amide bonds. The quantitative estimate of drug-likeness (QED) is 0.177. The van der Waals surface area contributed by atoms with Gasteiger partial charge in [0.05, 0.1) is 5.41 Å². The molecule has 0 fully saturated rings. The maximum atomic E-state index is 6.61. The van der Waals surface area contributed by atoms with E-state index in [1.54, 1.807) is 0 Å². The minimum atomic E-state index is -0.688. The fourth-order valence-electron chi connectivity index (χ4n) is 11.2. The van der Waals surface area contributed by atoms with Crippen LogP contribution in [-0.2, 0) is 5.41 Å². The van der Waals surface area contributed by atoms with Crippen molar-refractivity contribution in [3.63, 3.8) is 0 Å². The highest BCUT2D eigenvalue weighted by Gasteiger charge is 2.50. The van der Waals surface area contributed by atoms with Gasteiger partial charge in [-0.25, -0.2) is 0 Å². The second-order valence-electron chi connectivity index (χ2n) is 17.1. The van der Waals surface area contributed by atoms with Gasteiger partial charge in [-0.15, -0.1) is 0 Å². The van der Waals surface area contributed by atoms with Gasteiger partial charge in [0, 0.05) is 38.6 Å². The van der Waals surface area contributed by atoms with Crippen molar-refractivity contribution in [2.24, 2.45) is 0 Å². The van der Waals surface area contributed by atoms with E-state index in [4.69, 9.17) is 8.83 Å². The molecule has 2 aliphatic rings. The van der Waals surface area contributed by atoms with Crippen LogP contribution in [-0.4, -0.2) is 0 Å². The van der Waals surface area contributed by atoms with Crippen molar-refractivity contribution in [1.82, 2.24) is 0 Å². The highest BCUT2D eigenvalue weighted by atomic mass is 16.3. The Hall–Kier alpha value is -8.40.